The Morgan fingerprint density at radius 1 is 1.09 bits per heavy atom. The van der Waals surface area contributed by atoms with Gasteiger partial charge < -0.3 is 19.3 Å². The van der Waals surface area contributed by atoms with Crippen LogP contribution in [0.2, 0.25) is 0 Å². The molecular formula is C25H31N3O3S. The molecule has 6 nitrogen and oxygen atoms in total. The number of nitrogens with zero attached hydrogens (tertiary/aromatic N) is 3. The van der Waals surface area contributed by atoms with Crippen molar-refractivity contribution < 1.29 is 14.3 Å². The average molecular weight is 454 g/mol. The highest BCUT2D eigenvalue weighted by Gasteiger charge is 2.20. The van der Waals surface area contributed by atoms with E-state index in [1.54, 1.807) is 19.5 Å². The number of benzene rings is 1. The highest BCUT2D eigenvalue weighted by molar-refractivity contribution is 7.12. The summed E-state index contributed by atoms with van der Waals surface area (Å²) in [6.07, 6.45) is 4.46. The molecule has 1 aromatic carbocycles. The van der Waals surface area contributed by atoms with Crippen LogP contribution >= 0.6 is 11.3 Å². The van der Waals surface area contributed by atoms with Crippen LogP contribution in [-0.4, -0.2) is 55.0 Å². The summed E-state index contributed by atoms with van der Waals surface area (Å²) in [5, 5.41) is 1.96. The van der Waals surface area contributed by atoms with Crippen molar-refractivity contribution in [1.29, 1.82) is 0 Å². The van der Waals surface area contributed by atoms with Crippen LogP contribution in [0, 0.1) is 6.92 Å². The molecule has 0 aliphatic carbocycles. The SMILES string of the molecule is COc1ccc(CN(Cc2cccnc2)C(=O)c2sccc2C)cc1OCCCN(C)C. The Hall–Kier alpha value is -2.90. The van der Waals surface area contributed by atoms with Gasteiger partial charge in [0.2, 0.25) is 0 Å². The van der Waals surface area contributed by atoms with Crippen molar-refractivity contribution in [1.82, 2.24) is 14.8 Å². The van der Waals surface area contributed by atoms with E-state index in [1.807, 2.05) is 67.7 Å². The molecule has 7 heteroatoms. The van der Waals surface area contributed by atoms with Gasteiger partial charge in [-0.15, -0.1) is 11.3 Å². The first-order valence-corrected chi connectivity index (χ1v) is 11.5. The number of methoxy groups -OCH3 is 1. The van der Waals surface area contributed by atoms with Crippen LogP contribution in [-0.2, 0) is 13.1 Å². The summed E-state index contributed by atoms with van der Waals surface area (Å²) in [6, 6.07) is 11.7. The van der Waals surface area contributed by atoms with Gasteiger partial charge in [-0.1, -0.05) is 12.1 Å². The predicted molar refractivity (Wildman–Crippen MR) is 129 cm³/mol. The summed E-state index contributed by atoms with van der Waals surface area (Å²) in [7, 11) is 5.73. The van der Waals surface area contributed by atoms with Crippen LogP contribution in [0.5, 0.6) is 11.5 Å². The smallest absolute Gasteiger partial charge is 0.264 e. The first-order valence-electron chi connectivity index (χ1n) is 10.6. The van der Waals surface area contributed by atoms with Crippen LogP contribution in [0.15, 0.2) is 54.2 Å². The van der Waals surface area contributed by atoms with Crippen molar-refractivity contribution in [2.45, 2.75) is 26.4 Å². The zero-order valence-corrected chi connectivity index (χ0v) is 20.0. The van der Waals surface area contributed by atoms with E-state index in [4.69, 9.17) is 9.47 Å². The normalized spacial score (nSPS) is 10.9. The molecule has 32 heavy (non-hydrogen) atoms. The molecule has 0 N–H and O–H groups in total. The minimum atomic E-state index is 0.0191. The van der Waals surface area contributed by atoms with E-state index in [0.29, 0.717) is 31.2 Å². The molecule has 0 atom stereocenters. The maximum Gasteiger partial charge on any atom is 0.264 e. The number of rotatable bonds is 11. The minimum Gasteiger partial charge on any atom is -0.493 e. The van der Waals surface area contributed by atoms with Crippen molar-refractivity contribution in [2.75, 3.05) is 34.4 Å². The molecule has 2 heterocycles. The summed E-state index contributed by atoms with van der Waals surface area (Å²) in [6.45, 7) is 4.47. The topological polar surface area (TPSA) is 54.9 Å². The fraction of sp³-hybridized carbons (Fsp3) is 0.360. The van der Waals surface area contributed by atoms with E-state index in [2.05, 4.69) is 9.88 Å². The molecule has 1 amide bonds. The van der Waals surface area contributed by atoms with Gasteiger partial charge in [0.1, 0.15) is 0 Å². The van der Waals surface area contributed by atoms with E-state index >= 15 is 0 Å². The molecule has 170 valence electrons. The standard InChI is InChI=1S/C25H31N3O3S/c1-19-10-14-32-24(19)25(29)28(18-21-7-5-11-26-16-21)17-20-8-9-22(30-4)23(15-20)31-13-6-12-27(2)3/h5,7-11,14-16H,6,12-13,17-18H2,1-4H3. The lowest BCUT2D eigenvalue weighted by molar-refractivity contribution is 0.0734. The van der Waals surface area contributed by atoms with E-state index in [-0.39, 0.29) is 5.91 Å². The Balaban J connectivity index is 1.80. The van der Waals surface area contributed by atoms with Crippen LogP contribution < -0.4 is 9.47 Å². The van der Waals surface area contributed by atoms with Crippen LogP contribution in [0.1, 0.15) is 32.8 Å². The van der Waals surface area contributed by atoms with E-state index < -0.39 is 0 Å². The molecule has 0 aliphatic heterocycles. The van der Waals surface area contributed by atoms with Gasteiger partial charge in [0.15, 0.2) is 11.5 Å². The summed E-state index contributed by atoms with van der Waals surface area (Å²) in [5.74, 6) is 1.41. The molecule has 0 aliphatic rings. The highest BCUT2D eigenvalue weighted by atomic mass is 32.1. The van der Waals surface area contributed by atoms with Crippen LogP contribution in [0.25, 0.3) is 0 Å². The molecule has 3 aromatic rings. The Morgan fingerprint density at radius 2 is 1.91 bits per heavy atom. The molecule has 0 radical (unpaired) electrons. The number of ether oxygens (including phenoxy) is 2. The van der Waals surface area contributed by atoms with E-state index in [1.165, 1.54) is 11.3 Å². The molecular weight excluding hydrogens is 422 g/mol. The first kappa shape index (κ1) is 23.8. The molecule has 0 unspecified atom stereocenters. The third kappa shape index (κ3) is 6.55. The molecule has 0 fully saturated rings. The Labute approximate surface area is 194 Å². The van der Waals surface area contributed by atoms with Gasteiger partial charge in [0.25, 0.3) is 5.91 Å². The second-order valence-corrected chi connectivity index (χ2v) is 8.86. The molecule has 3 rings (SSSR count). The Bertz CT molecular complexity index is 1000. The third-order valence-corrected chi connectivity index (χ3v) is 6.05. The summed E-state index contributed by atoms with van der Waals surface area (Å²) < 4.78 is 11.5. The number of aromatic nitrogens is 1. The minimum absolute atomic E-state index is 0.0191. The van der Waals surface area contributed by atoms with Gasteiger partial charge in [-0.3, -0.25) is 9.78 Å². The Morgan fingerprint density at radius 3 is 2.56 bits per heavy atom. The predicted octanol–water partition coefficient (Wildman–Crippen LogP) is 4.63. The number of amides is 1. The van der Waals surface area contributed by atoms with Gasteiger partial charge in [0.05, 0.1) is 18.6 Å². The zero-order valence-electron chi connectivity index (χ0n) is 19.2. The third-order valence-electron chi connectivity index (χ3n) is 5.05. The number of aryl methyl sites for hydroxylation is 1. The molecule has 0 spiro atoms. The van der Waals surface area contributed by atoms with Crippen LogP contribution in [0.3, 0.4) is 0 Å². The van der Waals surface area contributed by atoms with Gasteiger partial charge in [-0.2, -0.15) is 0 Å². The monoisotopic (exact) mass is 453 g/mol. The van der Waals surface area contributed by atoms with Crippen molar-refractivity contribution in [3.63, 3.8) is 0 Å². The highest BCUT2D eigenvalue weighted by Crippen LogP contribution is 2.29. The number of thiophene rings is 1. The maximum atomic E-state index is 13.4. The van der Waals surface area contributed by atoms with Gasteiger partial charge >= 0.3 is 0 Å². The van der Waals surface area contributed by atoms with Crippen molar-refractivity contribution >= 4 is 17.2 Å². The van der Waals surface area contributed by atoms with E-state index in [0.717, 1.165) is 34.5 Å². The van der Waals surface area contributed by atoms with Gasteiger partial charge in [-0.25, -0.2) is 0 Å². The lowest BCUT2D eigenvalue weighted by atomic mass is 10.1. The van der Waals surface area contributed by atoms with E-state index in [9.17, 15) is 4.79 Å². The fourth-order valence-electron chi connectivity index (χ4n) is 3.36. The maximum absolute atomic E-state index is 13.4. The summed E-state index contributed by atoms with van der Waals surface area (Å²) in [5.41, 5.74) is 2.97. The van der Waals surface area contributed by atoms with Crippen molar-refractivity contribution in [3.05, 3.63) is 75.7 Å². The summed E-state index contributed by atoms with van der Waals surface area (Å²) in [4.78, 5) is 22.3. The first-order chi connectivity index (χ1) is 15.5. The number of hydrogen-bond donors (Lipinski definition) is 0. The lowest BCUT2D eigenvalue weighted by Gasteiger charge is -2.23. The number of carbonyl (C=O) groups excluding carboxylic acids is 1. The second-order valence-electron chi connectivity index (χ2n) is 7.95. The number of carbonyl (C=O) groups is 1. The quantitative estimate of drug-likeness (QED) is 0.396. The van der Waals surface area contributed by atoms with Crippen molar-refractivity contribution in [3.8, 4) is 11.5 Å². The average Bonchev–Trinajstić information content (AvgIpc) is 3.22. The van der Waals surface area contributed by atoms with Gasteiger partial charge in [-0.05, 0) is 73.8 Å². The van der Waals surface area contributed by atoms with Gasteiger partial charge in [0, 0.05) is 32.0 Å². The summed E-state index contributed by atoms with van der Waals surface area (Å²) >= 11 is 1.48. The molecule has 2 aromatic heterocycles. The fourth-order valence-corrected chi connectivity index (χ4v) is 4.25. The zero-order chi connectivity index (χ0) is 22.9. The lowest BCUT2D eigenvalue weighted by Crippen LogP contribution is -2.30. The molecule has 0 saturated carbocycles. The molecule has 0 saturated heterocycles. The number of hydrogen-bond acceptors (Lipinski definition) is 6. The number of pyridine rings is 1. The largest absolute Gasteiger partial charge is 0.493 e. The van der Waals surface area contributed by atoms with Crippen molar-refractivity contribution in [2.24, 2.45) is 0 Å². The Kier molecular flexibility index (Phi) is 8.64. The second kappa shape index (κ2) is 11.6. The molecule has 0 bridgehead atoms. The van der Waals surface area contributed by atoms with Crippen LogP contribution in [0.4, 0.5) is 0 Å².